The minimum Gasteiger partial charge on any atom is -0.481 e. The molecule has 0 spiro atoms. The highest BCUT2D eigenvalue weighted by molar-refractivity contribution is 5.94. The van der Waals surface area contributed by atoms with Crippen LogP contribution in [0.4, 0.5) is 18.9 Å². The number of carbonyl (C=O) groups excluding carboxylic acids is 1. The van der Waals surface area contributed by atoms with Gasteiger partial charge in [0.1, 0.15) is 23.2 Å². The molecule has 116 valence electrons. The minimum atomic E-state index is -0.880. The van der Waals surface area contributed by atoms with Crippen molar-refractivity contribution in [1.82, 2.24) is 0 Å². The Kier molecular flexibility index (Phi) is 5.04. The fourth-order valence-electron chi connectivity index (χ4n) is 1.80. The van der Waals surface area contributed by atoms with Gasteiger partial charge in [-0.25, -0.2) is 13.2 Å². The molecule has 0 aliphatic heterocycles. The number of nitrogens with one attached hydrogen (secondary N) is 1. The summed E-state index contributed by atoms with van der Waals surface area (Å²) < 4.78 is 44.6. The highest BCUT2D eigenvalue weighted by Gasteiger charge is 2.20. The fraction of sp³-hybridized carbons (Fsp3) is 0.188. The summed E-state index contributed by atoms with van der Waals surface area (Å²) in [5.74, 6) is -2.27. The van der Waals surface area contributed by atoms with Crippen LogP contribution in [0.15, 0.2) is 42.5 Å². The van der Waals surface area contributed by atoms with Gasteiger partial charge in [0.05, 0.1) is 5.69 Å². The molecule has 0 fully saturated rings. The van der Waals surface area contributed by atoms with E-state index in [1.165, 1.54) is 24.3 Å². The molecule has 22 heavy (non-hydrogen) atoms. The number of rotatable bonds is 5. The van der Waals surface area contributed by atoms with Gasteiger partial charge in [0.25, 0.3) is 5.91 Å². The van der Waals surface area contributed by atoms with E-state index < -0.39 is 29.5 Å². The Balaban J connectivity index is 2.06. The van der Waals surface area contributed by atoms with Crippen molar-refractivity contribution in [2.24, 2.45) is 0 Å². The zero-order valence-corrected chi connectivity index (χ0v) is 11.8. The number of benzene rings is 2. The van der Waals surface area contributed by atoms with Crippen molar-refractivity contribution in [2.45, 2.75) is 19.4 Å². The van der Waals surface area contributed by atoms with Crippen LogP contribution in [-0.2, 0) is 4.79 Å². The van der Waals surface area contributed by atoms with Crippen LogP contribution >= 0.6 is 0 Å². The van der Waals surface area contributed by atoms with E-state index in [1.807, 2.05) is 0 Å². The van der Waals surface area contributed by atoms with E-state index in [-0.39, 0.29) is 5.69 Å². The summed E-state index contributed by atoms with van der Waals surface area (Å²) in [4.78, 5) is 12.1. The number of hydrogen-bond donors (Lipinski definition) is 1. The first kappa shape index (κ1) is 15.9. The predicted molar refractivity (Wildman–Crippen MR) is 76.1 cm³/mol. The second-order valence-electron chi connectivity index (χ2n) is 4.58. The SMILES string of the molecule is CCC(Oc1ccc(F)cc1)C(=O)Nc1ccc(F)cc1F. The van der Waals surface area contributed by atoms with Gasteiger partial charge in [0.2, 0.25) is 0 Å². The first-order valence-electron chi connectivity index (χ1n) is 6.67. The Hall–Kier alpha value is -2.50. The van der Waals surface area contributed by atoms with Gasteiger partial charge in [0, 0.05) is 6.07 Å². The van der Waals surface area contributed by atoms with Gasteiger partial charge in [-0.1, -0.05) is 6.92 Å². The van der Waals surface area contributed by atoms with Crippen LogP contribution in [0.1, 0.15) is 13.3 Å². The molecule has 2 aromatic rings. The molecule has 6 heteroatoms. The third kappa shape index (κ3) is 4.00. The Morgan fingerprint density at radius 3 is 2.32 bits per heavy atom. The highest BCUT2D eigenvalue weighted by atomic mass is 19.1. The summed E-state index contributed by atoms with van der Waals surface area (Å²) in [6, 6.07) is 8.05. The van der Waals surface area contributed by atoms with Crippen LogP contribution in [0.2, 0.25) is 0 Å². The fourth-order valence-corrected chi connectivity index (χ4v) is 1.80. The smallest absolute Gasteiger partial charge is 0.265 e. The molecular formula is C16H14F3NO2. The molecule has 1 N–H and O–H groups in total. The summed E-state index contributed by atoms with van der Waals surface area (Å²) in [5, 5.41) is 2.34. The highest BCUT2D eigenvalue weighted by Crippen LogP contribution is 2.18. The Morgan fingerprint density at radius 2 is 1.73 bits per heavy atom. The van der Waals surface area contributed by atoms with Gasteiger partial charge in [-0.3, -0.25) is 4.79 Å². The summed E-state index contributed by atoms with van der Waals surface area (Å²) in [5.41, 5.74) is -0.132. The van der Waals surface area contributed by atoms with Crippen molar-refractivity contribution in [2.75, 3.05) is 5.32 Å². The number of anilines is 1. The minimum absolute atomic E-state index is 0.132. The third-order valence-electron chi connectivity index (χ3n) is 2.94. The molecule has 0 saturated heterocycles. The van der Waals surface area contributed by atoms with Crippen molar-refractivity contribution in [3.8, 4) is 5.75 Å². The van der Waals surface area contributed by atoms with Gasteiger partial charge in [-0.05, 0) is 42.8 Å². The molecule has 0 heterocycles. The molecule has 0 aliphatic rings. The summed E-state index contributed by atoms with van der Waals surface area (Å²) in [6.45, 7) is 1.72. The van der Waals surface area contributed by atoms with Crippen LogP contribution in [0.25, 0.3) is 0 Å². The molecular weight excluding hydrogens is 295 g/mol. The molecule has 2 aromatic carbocycles. The first-order chi connectivity index (χ1) is 10.5. The van der Waals surface area contributed by atoms with Crippen molar-refractivity contribution < 1.29 is 22.7 Å². The van der Waals surface area contributed by atoms with Crippen molar-refractivity contribution in [1.29, 1.82) is 0 Å². The van der Waals surface area contributed by atoms with Crippen molar-refractivity contribution >= 4 is 11.6 Å². The number of amides is 1. The molecule has 1 amide bonds. The van der Waals surface area contributed by atoms with Crippen molar-refractivity contribution in [3.63, 3.8) is 0 Å². The van der Waals surface area contributed by atoms with Crippen LogP contribution in [-0.4, -0.2) is 12.0 Å². The zero-order valence-electron chi connectivity index (χ0n) is 11.8. The lowest BCUT2D eigenvalue weighted by molar-refractivity contribution is -0.122. The quantitative estimate of drug-likeness (QED) is 0.909. The van der Waals surface area contributed by atoms with E-state index in [4.69, 9.17) is 4.74 Å². The molecule has 1 atom stereocenters. The predicted octanol–water partition coefficient (Wildman–Crippen LogP) is 3.90. The largest absolute Gasteiger partial charge is 0.481 e. The lowest BCUT2D eigenvalue weighted by Crippen LogP contribution is -2.32. The Bertz CT molecular complexity index is 659. The molecule has 0 radical (unpaired) electrons. The van der Waals surface area contributed by atoms with E-state index in [1.54, 1.807) is 6.92 Å². The summed E-state index contributed by atoms with van der Waals surface area (Å²) in [7, 11) is 0. The number of halogens is 3. The third-order valence-corrected chi connectivity index (χ3v) is 2.94. The van der Waals surface area contributed by atoms with E-state index in [9.17, 15) is 18.0 Å². The second-order valence-corrected chi connectivity index (χ2v) is 4.58. The van der Waals surface area contributed by atoms with Gasteiger partial charge >= 0.3 is 0 Å². The number of carbonyl (C=O) groups is 1. The maximum Gasteiger partial charge on any atom is 0.265 e. The number of ether oxygens (including phenoxy) is 1. The van der Waals surface area contributed by atoms with Crippen LogP contribution in [0.3, 0.4) is 0 Å². The summed E-state index contributed by atoms with van der Waals surface area (Å²) in [6.07, 6.45) is -0.554. The molecule has 0 saturated carbocycles. The van der Waals surface area contributed by atoms with Crippen LogP contribution < -0.4 is 10.1 Å². The maximum absolute atomic E-state index is 13.5. The summed E-state index contributed by atoms with van der Waals surface area (Å²) >= 11 is 0. The van der Waals surface area contributed by atoms with Crippen molar-refractivity contribution in [3.05, 3.63) is 59.9 Å². The van der Waals surface area contributed by atoms with Gasteiger partial charge in [0.15, 0.2) is 6.10 Å². The molecule has 0 aliphatic carbocycles. The monoisotopic (exact) mass is 309 g/mol. The average Bonchev–Trinajstić information content (AvgIpc) is 2.49. The Morgan fingerprint density at radius 1 is 1.09 bits per heavy atom. The van der Waals surface area contributed by atoms with Gasteiger partial charge in [-0.15, -0.1) is 0 Å². The maximum atomic E-state index is 13.5. The lowest BCUT2D eigenvalue weighted by atomic mass is 10.2. The van der Waals surface area contributed by atoms with Crippen LogP contribution in [0, 0.1) is 17.5 Å². The molecule has 0 bridgehead atoms. The molecule has 0 aromatic heterocycles. The first-order valence-corrected chi connectivity index (χ1v) is 6.67. The van der Waals surface area contributed by atoms with E-state index in [0.29, 0.717) is 18.2 Å². The lowest BCUT2D eigenvalue weighted by Gasteiger charge is -2.17. The van der Waals surface area contributed by atoms with Gasteiger partial charge in [-0.2, -0.15) is 0 Å². The zero-order chi connectivity index (χ0) is 16.1. The molecule has 2 rings (SSSR count). The standard InChI is InChI=1S/C16H14F3NO2/c1-2-15(22-12-6-3-10(17)4-7-12)16(21)20-14-8-5-11(18)9-13(14)19/h3-9,15H,2H2,1H3,(H,20,21). The van der Waals surface area contributed by atoms with Crippen LogP contribution in [0.5, 0.6) is 5.75 Å². The average molecular weight is 309 g/mol. The molecule has 1 unspecified atom stereocenters. The molecule has 3 nitrogen and oxygen atoms in total. The topological polar surface area (TPSA) is 38.3 Å². The van der Waals surface area contributed by atoms with E-state index >= 15 is 0 Å². The van der Waals surface area contributed by atoms with Gasteiger partial charge < -0.3 is 10.1 Å². The normalized spacial score (nSPS) is 11.8. The Labute approximate surface area is 125 Å². The number of hydrogen-bond acceptors (Lipinski definition) is 2. The van der Waals surface area contributed by atoms with E-state index in [0.717, 1.165) is 12.1 Å². The second kappa shape index (κ2) is 6.98. The van der Waals surface area contributed by atoms with E-state index in [2.05, 4.69) is 5.32 Å².